The van der Waals surface area contributed by atoms with Crippen molar-refractivity contribution in [2.45, 2.75) is 19.3 Å². The molecule has 0 saturated carbocycles. The molecule has 1 amide bonds. The molecule has 108 valence electrons. The molecule has 5 nitrogen and oxygen atoms in total. The van der Waals surface area contributed by atoms with Crippen LogP contribution in [0.2, 0.25) is 0 Å². The van der Waals surface area contributed by atoms with Gasteiger partial charge >= 0.3 is 5.97 Å². The van der Waals surface area contributed by atoms with Crippen molar-refractivity contribution < 1.29 is 14.7 Å². The molecular formula is C14H17BrN2O3. The van der Waals surface area contributed by atoms with Crippen LogP contribution in [0.1, 0.15) is 29.6 Å². The number of nitrogens with one attached hydrogen (secondary N) is 2. The number of halogens is 1. The number of rotatable bonds is 4. The molecule has 0 bridgehead atoms. The van der Waals surface area contributed by atoms with E-state index in [4.69, 9.17) is 5.11 Å². The van der Waals surface area contributed by atoms with Crippen LogP contribution >= 0.6 is 15.9 Å². The van der Waals surface area contributed by atoms with E-state index in [9.17, 15) is 9.59 Å². The third kappa shape index (κ3) is 3.80. The van der Waals surface area contributed by atoms with Crippen LogP contribution in [-0.4, -0.2) is 30.1 Å². The van der Waals surface area contributed by atoms with Crippen molar-refractivity contribution in [3.8, 4) is 0 Å². The van der Waals surface area contributed by atoms with E-state index < -0.39 is 5.97 Å². The van der Waals surface area contributed by atoms with Gasteiger partial charge in [-0.25, -0.2) is 4.79 Å². The summed E-state index contributed by atoms with van der Waals surface area (Å²) in [5, 5.41) is 15.1. The first-order chi connectivity index (χ1) is 9.58. The number of hydrogen-bond acceptors (Lipinski definition) is 3. The summed E-state index contributed by atoms with van der Waals surface area (Å²) in [5.74, 6) is -0.881. The van der Waals surface area contributed by atoms with E-state index in [0.29, 0.717) is 22.5 Å². The van der Waals surface area contributed by atoms with Crippen LogP contribution in [-0.2, 0) is 4.79 Å². The molecule has 1 aliphatic rings. The normalized spacial score (nSPS) is 18.6. The number of aromatic carboxylic acids is 1. The molecule has 1 aromatic rings. The van der Waals surface area contributed by atoms with Crippen molar-refractivity contribution in [3.63, 3.8) is 0 Å². The first-order valence-corrected chi connectivity index (χ1v) is 7.39. The number of benzene rings is 1. The Hall–Kier alpha value is -1.40. The van der Waals surface area contributed by atoms with Gasteiger partial charge in [-0.15, -0.1) is 0 Å². The second-order valence-electron chi connectivity index (χ2n) is 4.93. The Labute approximate surface area is 125 Å². The lowest BCUT2D eigenvalue weighted by Crippen LogP contribution is -2.32. The SMILES string of the molecule is O=C(CC1CCCNC1)Nc1c(Br)cccc1C(=O)O. The van der Waals surface area contributed by atoms with Gasteiger partial charge in [-0.2, -0.15) is 0 Å². The monoisotopic (exact) mass is 340 g/mol. The van der Waals surface area contributed by atoms with E-state index in [0.717, 1.165) is 25.9 Å². The van der Waals surface area contributed by atoms with Crippen LogP contribution in [0, 0.1) is 5.92 Å². The predicted octanol–water partition coefficient (Wildman–Crippen LogP) is 2.48. The van der Waals surface area contributed by atoms with E-state index in [1.54, 1.807) is 12.1 Å². The number of carboxylic acid groups (broad SMARTS) is 1. The van der Waals surface area contributed by atoms with Gasteiger partial charge in [-0.3, -0.25) is 4.79 Å². The average Bonchev–Trinajstić information content (AvgIpc) is 2.42. The summed E-state index contributed by atoms with van der Waals surface area (Å²) in [7, 11) is 0. The summed E-state index contributed by atoms with van der Waals surface area (Å²) in [6.45, 7) is 1.85. The second-order valence-corrected chi connectivity index (χ2v) is 5.79. The highest BCUT2D eigenvalue weighted by molar-refractivity contribution is 9.10. The van der Waals surface area contributed by atoms with Gasteiger partial charge in [0, 0.05) is 10.9 Å². The third-order valence-electron chi connectivity index (χ3n) is 3.38. The minimum atomic E-state index is -1.05. The molecule has 0 spiro atoms. The maximum Gasteiger partial charge on any atom is 0.337 e. The van der Waals surface area contributed by atoms with E-state index in [1.165, 1.54) is 6.07 Å². The number of hydrogen-bond donors (Lipinski definition) is 3. The Morgan fingerprint density at radius 2 is 2.25 bits per heavy atom. The summed E-state index contributed by atoms with van der Waals surface area (Å²) in [5.41, 5.74) is 0.420. The molecule has 20 heavy (non-hydrogen) atoms. The number of carbonyl (C=O) groups is 2. The molecule has 0 aromatic heterocycles. The molecule has 1 atom stereocenters. The van der Waals surface area contributed by atoms with Crippen LogP contribution in [0.3, 0.4) is 0 Å². The smallest absolute Gasteiger partial charge is 0.337 e. The number of carbonyl (C=O) groups excluding carboxylic acids is 1. The first kappa shape index (κ1) is 15.0. The molecule has 0 aliphatic carbocycles. The van der Waals surface area contributed by atoms with Crippen molar-refractivity contribution in [1.82, 2.24) is 5.32 Å². The zero-order valence-corrected chi connectivity index (χ0v) is 12.6. The molecule has 1 aromatic carbocycles. The summed E-state index contributed by atoms with van der Waals surface area (Å²) >= 11 is 3.28. The van der Waals surface area contributed by atoms with Gasteiger partial charge < -0.3 is 15.7 Å². The largest absolute Gasteiger partial charge is 0.478 e. The second kappa shape index (κ2) is 6.85. The lowest BCUT2D eigenvalue weighted by atomic mass is 9.96. The zero-order chi connectivity index (χ0) is 14.5. The highest BCUT2D eigenvalue weighted by Gasteiger charge is 2.19. The van der Waals surface area contributed by atoms with Gasteiger partial charge in [0.1, 0.15) is 0 Å². The minimum Gasteiger partial charge on any atom is -0.478 e. The van der Waals surface area contributed by atoms with E-state index in [2.05, 4.69) is 26.6 Å². The topological polar surface area (TPSA) is 78.4 Å². The summed E-state index contributed by atoms with van der Waals surface area (Å²) < 4.78 is 0.576. The van der Waals surface area contributed by atoms with Crippen molar-refractivity contribution in [1.29, 1.82) is 0 Å². The minimum absolute atomic E-state index is 0.0921. The molecule has 1 heterocycles. The molecule has 1 fully saturated rings. The quantitative estimate of drug-likeness (QED) is 0.786. The molecular weight excluding hydrogens is 324 g/mol. The van der Waals surface area contributed by atoms with Crippen LogP contribution in [0.4, 0.5) is 5.69 Å². The van der Waals surface area contributed by atoms with Crippen molar-refractivity contribution in [3.05, 3.63) is 28.2 Å². The lowest BCUT2D eigenvalue weighted by molar-refractivity contribution is -0.117. The standard InChI is InChI=1S/C14H17BrN2O3/c15-11-5-1-4-10(14(19)20)13(11)17-12(18)7-9-3-2-6-16-8-9/h1,4-5,9,16H,2-3,6-8H2,(H,17,18)(H,19,20). The maximum absolute atomic E-state index is 12.1. The highest BCUT2D eigenvalue weighted by Crippen LogP contribution is 2.27. The summed E-state index contributed by atoms with van der Waals surface area (Å²) in [6, 6.07) is 4.82. The zero-order valence-electron chi connectivity index (χ0n) is 11.0. The van der Waals surface area contributed by atoms with Gasteiger partial charge in [0.15, 0.2) is 0 Å². The Morgan fingerprint density at radius 1 is 1.45 bits per heavy atom. The molecule has 1 aliphatic heterocycles. The average molecular weight is 341 g/mol. The molecule has 6 heteroatoms. The highest BCUT2D eigenvalue weighted by atomic mass is 79.9. The van der Waals surface area contributed by atoms with Gasteiger partial charge in [0.25, 0.3) is 0 Å². The third-order valence-corrected chi connectivity index (χ3v) is 4.04. The van der Waals surface area contributed by atoms with Crippen LogP contribution in [0.15, 0.2) is 22.7 Å². The first-order valence-electron chi connectivity index (χ1n) is 6.60. The fourth-order valence-corrected chi connectivity index (χ4v) is 2.85. The van der Waals surface area contributed by atoms with Crippen LogP contribution in [0.25, 0.3) is 0 Å². The molecule has 1 unspecified atom stereocenters. The van der Waals surface area contributed by atoms with Crippen LogP contribution in [0.5, 0.6) is 0 Å². The Balaban J connectivity index is 2.05. The summed E-state index contributed by atoms with van der Waals surface area (Å²) in [6.07, 6.45) is 2.52. The fraction of sp³-hybridized carbons (Fsp3) is 0.429. The molecule has 1 saturated heterocycles. The van der Waals surface area contributed by atoms with Gasteiger partial charge in [0.2, 0.25) is 5.91 Å². The summed E-state index contributed by atoms with van der Waals surface area (Å²) in [4.78, 5) is 23.2. The van der Waals surface area contributed by atoms with Crippen LogP contribution < -0.4 is 10.6 Å². The van der Waals surface area contributed by atoms with E-state index in [-0.39, 0.29) is 11.5 Å². The number of anilines is 1. The van der Waals surface area contributed by atoms with Gasteiger partial charge in [-0.1, -0.05) is 6.07 Å². The van der Waals surface area contributed by atoms with E-state index >= 15 is 0 Å². The van der Waals surface area contributed by atoms with Crippen molar-refractivity contribution in [2.75, 3.05) is 18.4 Å². The maximum atomic E-state index is 12.1. The molecule has 2 rings (SSSR count). The fourth-order valence-electron chi connectivity index (χ4n) is 2.38. The van der Waals surface area contributed by atoms with Crippen molar-refractivity contribution in [2.24, 2.45) is 5.92 Å². The molecule has 0 radical (unpaired) electrons. The van der Waals surface area contributed by atoms with E-state index in [1.807, 2.05) is 0 Å². The molecule has 3 N–H and O–H groups in total. The van der Waals surface area contributed by atoms with Gasteiger partial charge in [0.05, 0.1) is 11.3 Å². The van der Waals surface area contributed by atoms with Crippen molar-refractivity contribution >= 4 is 33.5 Å². The lowest BCUT2D eigenvalue weighted by Gasteiger charge is -2.22. The predicted molar refractivity (Wildman–Crippen MR) is 79.9 cm³/mol. The Morgan fingerprint density at radius 3 is 2.90 bits per heavy atom. The number of para-hydroxylation sites is 1. The van der Waals surface area contributed by atoms with Gasteiger partial charge in [-0.05, 0) is 59.9 Å². The Kier molecular flexibility index (Phi) is 5.14. The Bertz CT molecular complexity index is 513. The number of piperidine rings is 1. The number of carboxylic acids is 1. The number of amides is 1.